The summed E-state index contributed by atoms with van der Waals surface area (Å²) in [5.74, 6) is 1.49. The van der Waals surface area contributed by atoms with Crippen LogP contribution in [0.5, 0.6) is 11.5 Å². The van der Waals surface area contributed by atoms with Gasteiger partial charge < -0.3 is 14.4 Å². The van der Waals surface area contributed by atoms with Gasteiger partial charge in [0, 0.05) is 46.7 Å². The van der Waals surface area contributed by atoms with Crippen molar-refractivity contribution < 1.29 is 22.7 Å². The van der Waals surface area contributed by atoms with Gasteiger partial charge in [-0.1, -0.05) is 6.07 Å². The van der Waals surface area contributed by atoms with E-state index in [-0.39, 0.29) is 12.7 Å². The fourth-order valence-corrected chi connectivity index (χ4v) is 3.99. The van der Waals surface area contributed by atoms with E-state index in [4.69, 9.17) is 9.47 Å². The predicted molar refractivity (Wildman–Crippen MR) is 91.6 cm³/mol. The molecule has 2 heterocycles. The topological polar surface area (TPSA) is 79.4 Å². The van der Waals surface area contributed by atoms with Crippen molar-refractivity contribution in [3.05, 3.63) is 23.8 Å². The summed E-state index contributed by atoms with van der Waals surface area (Å²) in [6.45, 7) is 1.74. The van der Waals surface area contributed by atoms with Crippen LogP contribution in [0.2, 0.25) is 0 Å². The summed E-state index contributed by atoms with van der Waals surface area (Å²) in [5.41, 5.74) is 1.02. The first kappa shape index (κ1) is 18.0. The number of hydrogen-bond acceptors (Lipinski definition) is 5. The Balaban J connectivity index is 1.50. The average molecular weight is 369 g/mol. The number of rotatable bonds is 5. The third kappa shape index (κ3) is 3.88. The van der Waals surface area contributed by atoms with Crippen LogP contribution >= 0.6 is 0 Å². The third-order valence-corrected chi connectivity index (χ3v) is 6.38. The highest BCUT2D eigenvalue weighted by Crippen LogP contribution is 2.32. The van der Waals surface area contributed by atoms with Crippen LogP contribution in [0.3, 0.4) is 0 Å². The van der Waals surface area contributed by atoms with Crippen LogP contribution in [-0.4, -0.2) is 74.9 Å². The van der Waals surface area contributed by atoms with Crippen molar-refractivity contribution in [2.45, 2.75) is 12.8 Å². The zero-order valence-corrected chi connectivity index (χ0v) is 15.3. The van der Waals surface area contributed by atoms with Gasteiger partial charge in [-0.2, -0.15) is 17.0 Å². The lowest BCUT2D eigenvalue weighted by atomic mass is 10.1. The Morgan fingerprint density at radius 2 is 1.80 bits per heavy atom. The van der Waals surface area contributed by atoms with Crippen molar-refractivity contribution in [2.75, 3.05) is 47.1 Å². The van der Waals surface area contributed by atoms with Crippen LogP contribution < -0.4 is 9.47 Å². The summed E-state index contributed by atoms with van der Waals surface area (Å²) < 4.78 is 37.4. The number of hydrogen-bond donors (Lipinski definition) is 0. The molecule has 1 aromatic carbocycles. The Morgan fingerprint density at radius 1 is 1.12 bits per heavy atom. The molecule has 138 valence electrons. The van der Waals surface area contributed by atoms with E-state index in [1.165, 1.54) is 22.7 Å². The van der Waals surface area contributed by atoms with Gasteiger partial charge in [-0.25, -0.2) is 0 Å². The fraction of sp³-hybridized carbons (Fsp3) is 0.562. The average Bonchev–Trinajstić information content (AvgIpc) is 3.07. The Kier molecular flexibility index (Phi) is 5.16. The van der Waals surface area contributed by atoms with E-state index >= 15 is 0 Å². The zero-order valence-electron chi connectivity index (χ0n) is 14.5. The van der Waals surface area contributed by atoms with Crippen molar-refractivity contribution in [1.29, 1.82) is 0 Å². The second-order valence-corrected chi connectivity index (χ2v) is 8.40. The summed E-state index contributed by atoms with van der Waals surface area (Å²) in [4.78, 5) is 14.1. The molecule has 0 unspecified atom stereocenters. The SMILES string of the molecule is CN(C)S(=O)(=O)N1CCN(C(=O)CCc2ccc3c(c2)OCO3)CC1. The maximum atomic E-state index is 12.4. The van der Waals surface area contributed by atoms with Crippen molar-refractivity contribution >= 4 is 16.1 Å². The van der Waals surface area contributed by atoms with Gasteiger partial charge in [-0.15, -0.1) is 0 Å². The van der Waals surface area contributed by atoms with Gasteiger partial charge in [0.1, 0.15) is 0 Å². The lowest BCUT2D eigenvalue weighted by Gasteiger charge is -2.35. The van der Waals surface area contributed by atoms with Crippen LogP contribution in [0.4, 0.5) is 0 Å². The van der Waals surface area contributed by atoms with Crippen molar-refractivity contribution in [2.24, 2.45) is 0 Å². The molecule has 0 spiro atoms. The Bertz CT molecular complexity index is 742. The highest BCUT2D eigenvalue weighted by atomic mass is 32.2. The number of carbonyl (C=O) groups is 1. The molecule has 2 aliphatic rings. The number of amides is 1. The molecule has 0 atom stereocenters. The maximum Gasteiger partial charge on any atom is 0.281 e. The summed E-state index contributed by atoms with van der Waals surface area (Å²) in [6.07, 6.45) is 1.01. The first-order chi connectivity index (χ1) is 11.9. The lowest BCUT2D eigenvalue weighted by molar-refractivity contribution is -0.132. The minimum atomic E-state index is -3.41. The van der Waals surface area contributed by atoms with E-state index < -0.39 is 10.2 Å². The minimum absolute atomic E-state index is 0.0413. The molecule has 8 nitrogen and oxygen atoms in total. The summed E-state index contributed by atoms with van der Waals surface area (Å²) in [7, 11) is -0.383. The second kappa shape index (κ2) is 7.19. The molecule has 0 N–H and O–H groups in total. The molecular weight excluding hydrogens is 346 g/mol. The monoisotopic (exact) mass is 369 g/mol. The van der Waals surface area contributed by atoms with Gasteiger partial charge in [0.15, 0.2) is 11.5 Å². The predicted octanol–water partition coefficient (Wildman–Crippen LogP) is 0.299. The van der Waals surface area contributed by atoms with Gasteiger partial charge in [0.2, 0.25) is 12.7 Å². The summed E-state index contributed by atoms with van der Waals surface area (Å²) in [6, 6.07) is 5.69. The fourth-order valence-electron chi connectivity index (χ4n) is 2.91. The summed E-state index contributed by atoms with van der Waals surface area (Å²) >= 11 is 0. The van der Waals surface area contributed by atoms with Gasteiger partial charge in [-0.05, 0) is 24.1 Å². The van der Waals surface area contributed by atoms with Gasteiger partial charge in [-0.3, -0.25) is 4.79 Å². The Labute approximate surface area is 148 Å². The molecule has 2 aliphatic heterocycles. The molecular formula is C16H23N3O5S. The molecule has 0 bridgehead atoms. The first-order valence-electron chi connectivity index (χ1n) is 8.22. The first-order valence-corrected chi connectivity index (χ1v) is 9.61. The smallest absolute Gasteiger partial charge is 0.281 e. The van der Waals surface area contributed by atoms with Gasteiger partial charge in [0.05, 0.1) is 0 Å². The van der Waals surface area contributed by atoms with Crippen LogP contribution in [0.25, 0.3) is 0 Å². The van der Waals surface area contributed by atoms with Gasteiger partial charge >= 0.3 is 0 Å². The highest BCUT2D eigenvalue weighted by molar-refractivity contribution is 7.86. The van der Waals surface area contributed by atoms with E-state index in [0.717, 1.165) is 11.3 Å². The number of fused-ring (bicyclic) bond motifs is 1. The number of benzene rings is 1. The molecule has 0 aliphatic carbocycles. The molecule has 1 fully saturated rings. The maximum absolute atomic E-state index is 12.4. The van der Waals surface area contributed by atoms with E-state index in [0.29, 0.717) is 44.8 Å². The number of ether oxygens (including phenoxy) is 2. The number of aryl methyl sites for hydroxylation is 1. The molecule has 0 radical (unpaired) electrons. The molecule has 1 amide bonds. The Hall–Kier alpha value is -1.84. The lowest BCUT2D eigenvalue weighted by Crippen LogP contribution is -2.53. The van der Waals surface area contributed by atoms with Crippen LogP contribution in [0.1, 0.15) is 12.0 Å². The third-order valence-electron chi connectivity index (χ3n) is 4.44. The van der Waals surface area contributed by atoms with Crippen molar-refractivity contribution in [3.63, 3.8) is 0 Å². The van der Waals surface area contributed by atoms with Crippen molar-refractivity contribution in [1.82, 2.24) is 13.5 Å². The standard InChI is InChI=1S/C16H23N3O5S/c1-17(2)25(21,22)19-9-7-18(8-10-19)16(20)6-4-13-3-5-14-15(11-13)24-12-23-14/h3,5,11H,4,6-10,12H2,1-2H3. The quantitative estimate of drug-likeness (QED) is 0.746. The highest BCUT2D eigenvalue weighted by Gasteiger charge is 2.30. The molecule has 9 heteroatoms. The zero-order chi connectivity index (χ0) is 18.0. The van der Waals surface area contributed by atoms with E-state index in [2.05, 4.69) is 0 Å². The van der Waals surface area contributed by atoms with E-state index in [9.17, 15) is 13.2 Å². The molecule has 1 saturated heterocycles. The Morgan fingerprint density at radius 3 is 2.48 bits per heavy atom. The number of piperazine rings is 1. The number of nitrogens with zero attached hydrogens (tertiary/aromatic N) is 3. The second-order valence-electron chi connectivity index (χ2n) is 6.26. The van der Waals surface area contributed by atoms with E-state index in [1.54, 1.807) is 4.90 Å². The van der Waals surface area contributed by atoms with Gasteiger partial charge in [0.25, 0.3) is 10.2 Å². The largest absolute Gasteiger partial charge is 0.454 e. The van der Waals surface area contributed by atoms with E-state index in [1.807, 2.05) is 18.2 Å². The number of carbonyl (C=O) groups excluding carboxylic acids is 1. The summed E-state index contributed by atoms with van der Waals surface area (Å²) in [5, 5.41) is 0. The molecule has 0 aromatic heterocycles. The molecule has 25 heavy (non-hydrogen) atoms. The van der Waals surface area contributed by atoms with Crippen LogP contribution in [0.15, 0.2) is 18.2 Å². The van der Waals surface area contributed by atoms with Crippen molar-refractivity contribution in [3.8, 4) is 11.5 Å². The molecule has 0 saturated carbocycles. The van der Waals surface area contributed by atoms with Crippen LogP contribution in [-0.2, 0) is 21.4 Å². The van der Waals surface area contributed by atoms with Crippen LogP contribution in [0, 0.1) is 0 Å². The normalized spacial score (nSPS) is 18.0. The molecule has 3 rings (SSSR count). The minimum Gasteiger partial charge on any atom is -0.454 e. The molecule has 1 aromatic rings.